The van der Waals surface area contributed by atoms with Crippen molar-refractivity contribution in [2.45, 2.75) is 25.4 Å². The first-order valence-electron chi connectivity index (χ1n) is 8.96. The van der Waals surface area contributed by atoms with Crippen molar-refractivity contribution < 1.29 is 9.53 Å². The molecule has 1 aromatic heterocycles. The van der Waals surface area contributed by atoms with E-state index in [-0.39, 0.29) is 11.7 Å². The maximum absolute atomic E-state index is 12.2. The molecule has 0 aliphatic carbocycles. The minimum absolute atomic E-state index is 0.0598. The summed E-state index contributed by atoms with van der Waals surface area (Å²) in [5.74, 6) is 1.02. The molecule has 28 heavy (non-hydrogen) atoms. The average Bonchev–Trinajstić information content (AvgIpc) is 3.17. The molecule has 1 heterocycles. The van der Waals surface area contributed by atoms with Gasteiger partial charge in [-0.05, 0) is 59.5 Å². The molecule has 146 valence electrons. The van der Waals surface area contributed by atoms with Crippen LogP contribution < -0.4 is 10.1 Å². The van der Waals surface area contributed by atoms with Crippen LogP contribution in [0.5, 0.6) is 5.75 Å². The van der Waals surface area contributed by atoms with E-state index in [0.29, 0.717) is 18.1 Å². The quantitative estimate of drug-likeness (QED) is 0.589. The number of aryl methyl sites for hydroxylation is 1. The summed E-state index contributed by atoms with van der Waals surface area (Å²) in [6.45, 7) is 4.62. The number of tetrazole rings is 1. The Hall–Kier alpha value is -2.87. The number of aromatic nitrogens is 4. The number of amides is 1. The highest BCUT2D eigenvalue weighted by molar-refractivity contribution is 7.99. The van der Waals surface area contributed by atoms with Crippen LogP contribution in [0.3, 0.4) is 0 Å². The molecule has 0 saturated carbocycles. The van der Waals surface area contributed by atoms with Crippen LogP contribution in [0.1, 0.15) is 16.7 Å². The lowest BCUT2D eigenvalue weighted by Gasteiger charge is -2.10. The molecule has 7 nitrogen and oxygen atoms in total. The fourth-order valence-corrected chi connectivity index (χ4v) is 3.53. The van der Waals surface area contributed by atoms with E-state index in [0.717, 1.165) is 28.1 Å². The first kappa shape index (κ1) is 19.9. The highest BCUT2D eigenvalue weighted by Gasteiger charge is 2.13. The lowest BCUT2D eigenvalue weighted by atomic mass is 10.1. The maximum atomic E-state index is 12.2. The van der Waals surface area contributed by atoms with Gasteiger partial charge in [-0.3, -0.25) is 4.79 Å². The van der Waals surface area contributed by atoms with Crippen molar-refractivity contribution >= 4 is 17.7 Å². The van der Waals surface area contributed by atoms with E-state index in [1.165, 1.54) is 11.8 Å². The topological polar surface area (TPSA) is 81.9 Å². The second-order valence-electron chi connectivity index (χ2n) is 6.29. The molecule has 0 atom stereocenters. The molecular weight excluding hydrogens is 374 g/mol. The van der Waals surface area contributed by atoms with Crippen molar-refractivity contribution in [3.63, 3.8) is 0 Å². The van der Waals surface area contributed by atoms with Gasteiger partial charge >= 0.3 is 0 Å². The third-order valence-electron chi connectivity index (χ3n) is 4.49. The third-order valence-corrected chi connectivity index (χ3v) is 5.41. The molecule has 1 N–H and O–H groups in total. The Balaban J connectivity index is 1.54. The molecule has 0 radical (unpaired) electrons. The third kappa shape index (κ3) is 4.69. The predicted molar refractivity (Wildman–Crippen MR) is 109 cm³/mol. The van der Waals surface area contributed by atoms with E-state index < -0.39 is 0 Å². The standard InChI is InChI=1S/C20H23N5O2S/c1-14-7-6-9-17(15(14)2)25-20(22-23-24-25)28-13-19(26)21-12-11-16-8-4-5-10-18(16)27-3/h4-10H,11-13H2,1-3H3,(H,21,26). The van der Waals surface area contributed by atoms with E-state index in [1.807, 2.05) is 56.3 Å². The number of nitrogens with one attached hydrogen (secondary N) is 1. The zero-order valence-corrected chi connectivity index (χ0v) is 17.0. The molecule has 0 aliphatic rings. The highest BCUT2D eigenvalue weighted by atomic mass is 32.2. The summed E-state index contributed by atoms with van der Waals surface area (Å²) in [6.07, 6.45) is 0.709. The summed E-state index contributed by atoms with van der Waals surface area (Å²) in [5.41, 5.74) is 4.26. The monoisotopic (exact) mass is 397 g/mol. The minimum atomic E-state index is -0.0598. The van der Waals surface area contributed by atoms with Gasteiger partial charge in [-0.15, -0.1) is 5.10 Å². The summed E-state index contributed by atoms with van der Waals surface area (Å²) in [4.78, 5) is 12.2. The largest absolute Gasteiger partial charge is 0.496 e. The average molecular weight is 398 g/mol. The van der Waals surface area contributed by atoms with Crippen LogP contribution in [0.4, 0.5) is 0 Å². The predicted octanol–water partition coefficient (Wildman–Crippen LogP) is 2.74. The summed E-state index contributed by atoms with van der Waals surface area (Å²) in [5, 5.41) is 15.4. The van der Waals surface area contributed by atoms with Crippen LogP contribution in [-0.2, 0) is 11.2 Å². The SMILES string of the molecule is COc1ccccc1CCNC(=O)CSc1nnnn1-c1cccc(C)c1C. The van der Waals surface area contributed by atoms with Crippen molar-refractivity contribution in [1.82, 2.24) is 25.5 Å². The molecule has 3 rings (SSSR count). The molecule has 0 spiro atoms. The molecular formula is C20H23N5O2S. The van der Waals surface area contributed by atoms with Gasteiger partial charge in [-0.2, -0.15) is 4.68 Å². The Labute approximate surface area is 168 Å². The molecule has 0 saturated heterocycles. The number of methoxy groups -OCH3 is 1. The van der Waals surface area contributed by atoms with E-state index in [4.69, 9.17) is 4.74 Å². The number of carbonyl (C=O) groups excluding carboxylic acids is 1. The Morgan fingerprint density at radius 3 is 2.82 bits per heavy atom. The lowest BCUT2D eigenvalue weighted by molar-refractivity contribution is -0.118. The molecule has 0 unspecified atom stereocenters. The number of hydrogen-bond donors (Lipinski definition) is 1. The van der Waals surface area contributed by atoms with Crippen molar-refractivity contribution in [3.05, 3.63) is 59.2 Å². The number of benzene rings is 2. The lowest BCUT2D eigenvalue weighted by Crippen LogP contribution is -2.27. The Morgan fingerprint density at radius 1 is 1.18 bits per heavy atom. The van der Waals surface area contributed by atoms with Crippen molar-refractivity contribution in [2.75, 3.05) is 19.4 Å². The number of hydrogen-bond acceptors (Lipinski definition) is 6. The van der Waals surface area contributed by atoms with Crippen molar-refractivity contribution in [3.8, 4) is 11.4 Å². The smallest absolute Gasteiger partial charge is 0.230 e. The number of carbonyl (C=O) groups is 1. The van der Waals surface area contributed by atoms with Crippen molar-refractivity contribution in [2.24, 2.45) is 0 Å². The van der Waals surface area contributed by atoms with Gasteiger partial charge < -0.3 is 10.1 Å². The summed E-state index contributed by atoms with van der Waals surface area (Å²) >= 11 is 1.32. The summed E-state index contributed by atoms with van der Waals surface area (Å²) in [7, 11) is 1.65. The molecule has 0 fully saturated rings. The Bertz CT molecular complexity index is 957. The zero-order valence-electron chi connectivity index (χ0n) is 16.2. The van der Waals surface area contributed by atoms with Gasteiger partial charge in [-0.25, -0.2) is 0 Å². The van der Waals surface area contributed by atoms with E-state index in [2.05, 4.69) is 20.8 Å². The summed E-state index contributed by atoms with van der Waals surface area (Å²) < 4.78 is 7.01. The molecule has 0 aliphatic heterocycles. The van der Waals surface area contributed by atoms with Gasteiger partial charge in [0.25, 0.3) is 0 Å². The van der Waals surface area contributed by atoms with Gasteiger partial charge in [-0.1, -0.05) is 42.1 Å². The zero-order chi connectivity index (χ0) is 19.9. The second kappa shape index (κ2) is 9.36. The molecule has 3 aromatic rings. The van der Waals surface area contributed by atoms with E-state index >= 15 is 0 Å². The second-order valence-corrected chi connectivity index (χ2v) is 7.24. The summed E-state index contributed by atoms with van der Waals surface area (Å²) in [6, 6.07) is 13.8. The first-order valence-corrected chi connectivity index (χ1v) is 9.95. The van der Waals surface area contributed by atoms with Gasteiger partial charge in [0.2, 0.25) is 11.1 Å². The van der Waals surface area contributed by atoms with Gasteiger partial charge in [0.05, 0.1) is 18.6 Å². The van der Waals surface area contributed by atoms with Gasteiger partial charge in [0.1, 0.15) is 5.75 Å². The Kier molecular flexibility index (Phi) is 6.65. The highest BCUT2D eigenvalue weighted by Crippen LogP contribution is 2.22. The number of thioether (sulfide) groups is 1. The normalized spacial score (nSPS) is 10.7. The van der Waals surface area contributed by atoms with E-state index in [1.54, 1.807) is 11.8 Å². The first-order chi connectivity index (χ1) is 13.6. The van der Waals surface area contributed by atoms with Gasteiger partial charge in [0, 0.05) is 6.54 Å². The Morgan fingerprint density at radius 2 is 2.00 bits per heavy atom. The van der Waals surface area contributed by atoms with Crippen molar-refractivity contribution in [1.29, 1.82) is 0 Å². The molecule has 1 amide bonds. The number of para-hydroxylation sites is 1. The van der Waals surface area contributed by atoms with E-state index in [9.17, 15) is 4.79 Å². The fraction of sp³-hybridized carbons (Fsp3) is 0.300. The van der Waals surface area contributed by atoms with Crippen LogP contribution in [0, 0.1) is 13.8 Å². The maximum Gasteiger partial charge on any atom is 0.230 e. The molecule has 0 bridgehead atoms. The molecule has 8 heteroatoms. The van der Waals surface area contributed by atoms with Crippen LogP contribution in [0.2, 0.25) is 0 Å². The van der Waals surface area contributed by atoms with Crippen LogP contribution in [0.15, 0.2) is 47.6 Å². The van der Waals surface area contributed by atoms with Crippen LogP contribution in [-0.4, -0.2) is 45.5 Å². The minimum Gasteiger partial charge on any atom is -0.496 e. The van der Waals surface area contributed by atoms with Crippen LogP contribution >= 0.6 is 11.8 Å². The number of nitrogens with zero attached hydrogens (tertiary/aromatic N) is 4. The number of rotatable bonds is 8. The molecule has 2 aromatic carbocycles. The van der Waals surface area contributed by atoms with Crippen LogP contribution in [0.25, 0.3) is 5.69 Å². The fourth-order valence-electron chi connectivity index (χ4n) is 2.81. The number of ether oxygens (including phenoxy) is 1. The van der Waals surface area contributed by atoms with Gasteiger partial charge in [0.15, 0.2) is 0 Å².